The number of halogens is 1. The van der Waals surface area contributed by atoms with E-state index >= 15 is 0 Å². The van der Waals surface area contributed by atoms with E-state index in [4.69, 9.17) is 11.6 Å². The van der Waals surface area contributed by atoms with E-state index in [0.717, 1.165) is 33.3 Å². The predicted octanol–water partition coefficient (Wildman–Crippen LogP) is 4.39. The van der Waals surface area contributed by atoms with Crippen molar-refractivity contribution in [3.63, 3.8) is 0 Å². The van der Waals surface area contributed by atoms with Crippen molar-refractivity contribution in [2.45, 2.75) is 12.8 Å². The molecule has 2 nitrogen and oxygen atoms in total. The molecular weight excluding hydrogens is 306 g/mol. The highest BCUT2D eigenvalue weighted by Crippen LogP contribution is 2.18. The number of carbonyl (C=O) groups excluding carboxylic acids is 1. The largest absolute Gasteiger partial charge is 0.355 e. The minimum atomic E-state index is 0.0448. The minimum absolute atomic E-state index is 0.0448. The van der Waals surface area contributed by atoms with Crippen LogP contribution in [0.25, 0.3) is 10.8 Å². The highest BCUT2D eigenvalue weighted by Gasteiger charge is 2.06. The zero-order valence-corrected chi connectivity index (χ0v) is 13.5. The van der Waals surface area contributed by atoms with E-state index in [1.165, 1.54) is 0 Å². The van der Waals surface area contributed by atoms with Gasteiger partial charge in [0, 0.05) is 11.6 Å². The number of fused-ring (bicyclic) bond motifs is 1. The van der Waals surface area contributed by atoms with Crippen LogP contribution in [0.3, 0.4) is 0 Å². The SMILES string of the molecule is O=C(Cc1cccc2ccccc12)NCCc1cccc(Cl)c1. The molecule has 3 rings (SSSR count). The molecule has 0 unspecified atom stereocenters. The Morgan fingerprint density at radius 2 is 1.74 bits per heavy atom. The molecule has 3 aromatic rings. The molecule has 0 radical (unpaired) electrons. The summed E-state index contributed by atoms with van der Waals surface area (Å²) < 4.78 is 0. The molecule has 0 aromatic heterocycles. The Bertz CT molecular complexity index is 823. The van der Waals surface area contributed by atoms with Crippen LogP contribution >= 0.6 is 11.6 Å². The normalized spacial score (nSPS) is 10.7. The number of amides is 1. The third kappa shape index (κ3) is 4.11. The average molecular weight is 324 g/mol. The van der Waals surface area contributed by atoms with Gasteiger partial charge in [-0.25, -0.2) is 0 Å². The molecule has 3 aromatic carbocycles. The van der Waals surface area contributed by atoms with Gasteiger partial charge in [-0.15, -0.1) is 0 Å². The summed E-state index contributed by atoms with van der Waals surface area (Å²) in [4.78, 5) is 12.2. The van der Waals surface area contributed by atoms with Crippen LogP contribution in [-0.4, -0.2) is 12.5 Å². The molecule has 3 heteroatoms. The van der Waals surface area contributed by atoms with E-state index in [2.05, 4.69) is 23.5 Å². The van der Waals surface area contributed by atoms with Gasteiger partial charge in [0.25, 0.3) is 0 Å². The van der Waals surface area contributed by atoms with E-state index in [1.807, 2.05) is 48.5 Å². The van der Waals surface area contributed by atoms with Crippen LogP contribution in [0.1, 0.15) is 11.1 Å². The first-order valence-corrected chi connectivity index (χ1v) is 8.08. The second kappa shape index (κ2) is 7.30. The first-order valence-electron chi connectivity index (χ1n) is 7.70. The maximum absolute atomic E-state index is 12.2. The Morgan fingerprint density at radius 1 is 0.957 bits per heavy atom. The van der Waals surface area contributed by atoms with Crippen molar-refractivity contribution in [3.05, 3.63) is 82.9 Å². The molecule has 0 spiro atoms. The lowest BCUT2D eigenvalue weighted by Crippen LogP contribution is -2.27. The van der Waals surface area contributed by atoms with Crippen molar-refractivity contribution >= 4 is 28.3 Å². The van der Waals surface area contributed by atoms with Crippen molar-refractivity contribution in [1.82, 2.24) is 5.32 Å². The van der Waals surface area contributed by atoms with Gasteiger partial charge in [0.1, 0.15) is 0 Å². The molecule has 1 amide bonds. The quantitative estimate of drug-likeness (QED) is 0.741. The van der Waals surface area contributed by atoms with Gasteiger partial charge < -0.3 is 5.32 Å². The summed E-state index contributed by atoms with van der Waals surface area (Å²) in [6, 6.07) is 21.9. The van der Waals surface area contributed by atoms with Gasteiger partial charge in [0.2, 0.25) is 5.91 Å². The lowest BCUT2D eigenvalue weighted by molar-refractivity contribution is -0.120. The molecule has 23 heavy (non-hydrogen) atoms. The van der Waals surface area contributed by atoms with Crippen molar-refractivity contribution in [2.24, 2.45) is 0 Å². The van der Waals surface area contributed by atoms with E-state index < -0.39 is 0 Å². The summed E-state index contributed by atoms with van der Waals surface area (Å²) >= 11 is 5.96. The maximum Gasteiger partial charge on any atom is 0.224 e. The molecule has 0 aliphatic rings. The van der Waals surface area contributed by atoms with E-state index in [0.29, 0.717) is 13.0 Å². The fourth-order valence-corrected chi connectivity index (χ4v) is 2.93. The lowest BCUT2D eigenvalue weighted by Gasteiger charge is -2.08. The summed E-state index contributed by atoms with van der Waals surface area (Å²) in [7, 11) is 0. The zero-order valence-electron chi connectivity index (χ0n) is 12.8. The van der Waals surface area contributed by atoms with Crippen molar-refractivity contribution < 1.29 is 4.79 Å². The van der Waals surface area contributed by atoms with Gasteiger partial charge in [-0.1, -0.05) is 66.2 Å². The van der Waals surface area contributed by atoms with E-state index in [1.54, 1.807) is 0 Å². The Balaban J connectivity index is 1.59. The van der Waals surface area contributed by atoms with Crippen LogP contribution in [0, 0.1) is 0 Å². The molecule has 0 atom stereocenters. The molecule has 0 aliphatic heterocycles. The van der Waals surface area contributed by atoms with Crippen LogP contribution < -0.4 is 5.32 Å². The number of carbonyl (C=O) groups is 1. The van der Waals surface area contributed by atoms with Gasteiger partial charge in [-0.05, 0) is 40.5 Å². The van der Waals surface area contributed by atoms with E-state index in [9.17, 15) is 4.79 Å². The second-order valence-corrected chi connectivity index (χ2v) is 5.98. The summed E-state index contributed by atoms with van der Waals surface area (Å²) in [5, 5.41) is 6.01. The summed E-state index contributed by atoms with van der Waals surface area (Å²) in [6.07, 6.45) is 1.18. The molecule has 116 valence electrons. The first kappa shape index (κ1) is 15.6. The number of hydrogen-bond donors (Lipinski definition) is 1. The molecule has 0 saturated heterocycles. The van der Waals surface area contributed by atoms with E-state index in [-0.39, 0.29) is 5.91 Å². The summed E-state index contributed by atoms with van der Waals surface area (Å²) in [6.45, 7) is 0.615. The van der Waals surface area contributed by atoms with Gasteiger partial charge in [0.05, 0.1) is 6.42 Å². The summed E-state index contributed by atoms with van der Waals surface area (Å²) in [5.74, 6) is 0.0448. The Labute approximate surface area is 141 Å². The monoisotopic (exact) mass is 323 g/mol. The molecular formula is C20H18ClNO. The van der Waals surface area contributed by atoms with Crippen LogP contribution in [0.5, 0.6) is 0 Å². The van der Waals surface area contributed by atoms with Gasteiger partial charge in [-0.3, -0.25) is 4.79 Å². The van der Waals surface area contributed by atoms with Gasteiger partial charge in [0.15, 0.2) is 0 Å². The van der Waals surface area contributed by atoms with Gasteiger partial charge >= 0.3 is 0 Å². The van der Waals surface area contributed by atoms with Crippen molar-refractivity contribution in [2.75, 3.05) is 6.54 Å². The number of hydrogen-bond acceptors (Lipinski definition) is 1. The smallest absolute Gasteiger partial charge is 0.224 e. The fourth-order valence-electron chi connectivity index (χ4n) is 2.72. The van der Waals surface area contributed by atoms with Crippen LogP contribution in [0.4, 0.5) is 0 Å². The molecule has 0 saturated carbocycles. The predicted molar refractivity (Wildman–Crippen MR) is 95.8 cm³/mol. The standard InChI is InChI=1S/C20H18ClNO/c21-18-9-3-5-15(13-18)11-12-22-20(23)14-17-8-4-7-16-6-1-2-10-19(16)17/h1-10,13H,11-12,14H2,(H,22,23). The number of benzene rings is 3. The zero-order chi connectivity index (χ0) is 16.1. The molecule has 0 fully saturated rings. The van der Waals surface area contributed by atoms with Crippen LogP contribution in [0.15, 0.2) is 66.7 Å². The molecule has 0 aliphatic carbocycles. The Morgan fingerprint density at radius 3 is 2.61 bits per heavy atom. The highest BCUT2D eigenvalue weighted by atomic mass is 35.5. The highest BCUT2D eigenvalue weighted by molar-refractivity contribution is 6.30. The summed E-state index contributed by atoms with van der Waals surface area (Å²) in [5.41, 5.74) is 2.19. The average Bonchev–Trinajstić information content (AvgIpc) is 2.55. The van der Waals surface area contributed by atoms with Crippen molar-refractivity contribution in [1.29, 1.82) is 0 Å². The Hall–Kier alpha value is -2.32. The lowest BCUT2D eigenvalue weighted by atomic mass is 10.0. The minimum Gasteiger partial charge on any atom is -0.355 e. The van der Waals surface area contributed by atoms with Crippen LogP contribution in [-0.2, 0) is 17.6 Å². The molecule has 0 bridgehead atoms. The second-order valence-electron chi connectivity index (χ2n) is 5.54. The van der Waals surface area contributed by atoms with Gasteiger partial charge in [-0.2, -0.15) is 0 Å². The topological polar surface area (TPSA) is 29.1 Å². The molecule has 1 N–H and O–H groups in total. The number of rotatable bonds is 5. The third-order valence-corrected chi connectivity index (χ3v) is 4.09. The van der Waals surface area contributed by atoms with Crippen molar-refractivity contribution in [3.8, 4) is 0 Å². The maximum atomic E-state index is 12.2. The third-order valence-electron chi connectivity index (χ3n) is 3.86. The fraction of sp³-hybridized carbons (Fsp3) is 0.150. The number of nitrogens with one attached hydrogen (secondary N) is 1. The van der Waals surface area contributed by atoms with Crippen LogP contribution in [0.2, 0.25) is 5.02 Å². The Kier molecular flexibility index (Phi) is 4.94. The first-order chi connectivity index (χ1) is 11.2. The molecule has 0 heterocycles.